The van der Waals surface area contributed by atoms with Crippen molar-refractivity contribution < 1.29 is 14.3 Å². The average molecular weight is 388 g/mol. The molecule has 0 aromatic heterocycles. The van der Waals surface area contributed by atoms with Gasteiger partial charge in [-0.1, -0.05) is 43.1 Å². The molecule has 1 fully saturated rings. The van der Waals surface area contributed by atoms with E-state index in [0.29, 0.717) is 16.5 Å². The van der Waals surface area contributed by atoms with Crippen molar-refractivity contribution in [1.29, 1.82) is 0 Å². The fourth-order valence-corrected chi connectivity index (χ4v) is 3.42. The molecular formula is C20H18ClNO3S. The van der Waals surface area contributed by atoms with Crippen molar-refractivity contribution in [3.63, 3.8) is 0 Å². The van der Waals surface area contributed by atoms with Crippen molar-refractivity contribution in [2.24, 2.45) is 0 Å². The SMILES string of the molecule is CCCc1cc(/C=C2/SC(=O)NC2=O)ccc1OCc1ccc(Cl)cc1. The van der Waals surface area contributed by atoms with E-state index in [0.717, 1.165) is 47.0 Å². The molecule has 1 N–H and O–H groups in total. The summed E-state index contributed by atoms with van der Waals surface area (Å²) in [6.07, 6.45) is 3.57. The Hall–Kier alpha value is -2.24. The summed E-state index contributed by atoms with van der Waals surface area (Å²) in [7, 11) is 0. The summed E-state index contributed by atoms with van der Waals surface area (Å²) in [5, 5.41) is 2.63. The van der Waals surface area contributed by atoms with Gasteiger partial charge in [-0.05, 0) is 65.2 Å². The number of aryl methyl sites for hydroxylation is 1. The van der Waals surface area contributed by atoms with Gasteiger partial charge in [0.05, 0.1) is 4.91 Å². The third kappa shape index (κ3) is 4.68. The summed E-state index contributed by atoms with van der Waals surface area (Å²) in [6, 6.07) is 13.4. The van der Waals surface area contributed by atoms with Gasteiger partial charge in [-0.25, -0.2) is 0 Å². The molecule has 2 aromatic carbocycles. The summed E-state index contributed by atoms with van der Waals surface area (Å²) in [5.41, 5.74) is 2.99. The van der Waals surface area contributed by atoms with Gasteiger partial charge in [0.2, 0.25) is 0 Å². The van der Waals surface area contributed by atoms with Crippen LogP contribution in [0.5, 0.6) is 5.75 Å². The van der Waals surface area contributed by atoms with Gasteiger partial charge in [-0.2, -0.15) is 0 Å². The van der Waals surface area contributed by atoms with E-state index in [-0.39, 0.29) is 11.1 Å². The third-order valence-corrected chi connectivity index (χ3v) is 4.91. The Morgan fingerprint density at radius 2 is 1.92 bits per heavy atom. The third-order valence-electron chi connectivity index (χ3n) is 3.85. The van der Waals surface area contributed by atoms with E-state index in [9.17, 15) is 9.59 Å². The van der Waals surface area contributed by atoms with E-state index in [1.54, 1.807) is 6.08 Å². The van der Waals surface area contributed by atoms with E-state index in [2.05, 4.69) is 12.2 Å². The molecule has 0 unspecified atom stereocenters. The van der Waals surface area contributed by atoms with Crippen LogP contribution >= 0.6 is 23.4 Å². The van der Waals surface area contributed by atoms with Crippen molar-refractivity contribution in [1.82, 2.24) is 5.32 Å². The largest absolute Gasteiger partial charge is 0.489 e. The molecule has 1 aliphatic rings. The molecule has 1 saturated heterocycles. The molecule has 0 aliphatic carbocycles. The summed E-state index contributed by atoms with van der Waals surface area (Å²) in [4.78, 5) is 23.4. The highest BCUT2D eigenvalue weighted by molar-refractivity contribution is 8.18. The second-order valence-electron chi connectivity index (χ2n) is 5.88. The number of imide groups is 1. The maximum Gasteiger partial charge on any atom is 0.290 e. The maximum absolute atomic E-state index is 11.7. The first-order valence-corrected chi connectivity index (χ1v) is 9.49. The molecule has 4 nitrogen and oxygen atoms in total. The smallest absolute Gasteiger partial charge is 0.290 e. The molecular weight excluding hydrogens is 370 g/mol. The molecule has 1 aliphatic heterocycles. The van der Waals surface area contributed by atoms with Crippen LogP contribution in [-0.2, 0) is 17.8 Å². The van der Waals surface area contributed by atoms with Gasteiger partial charge in [-0.3, -0.25) is 14.9 Å². The fourth-order valence-electron chi connectivity index (χ4n) is 2.61. The molecule has 2 aromatic rings. The Balaban J connectivity index is 1.78. The van der Waals surface area contributed by atoms with Crippen LogP contribution in [0.15, 0.2) is 47.4 Å². The highest BCUT2D eigenvalue weighted by atomic mass is 35.5. The Morgan fingerprint density at radius 1 is 1.15 bits per heavy atom. The molecule has 6 heteroatoms. The number of amides is 2. The monoisotopic (exact) mass is 387 g/mol. The van der Waals surface area contributed by atoms with Gasteiger partial charge in [0.15, 0.2) is 0 Å². The van der Waals surface area contributed by atoms with Gasteiger partial charge in [0.25, 0.3) is 11.1 Å². The van der Waals surface area contributed by atoms with Gasteiger partial charge >= 0.3 is 0 Å². The van der Waals surface area contributed by atoms with Gasteiger partial charge in [-0.15, -0.1) is 0 Å². The number of hydrogen-bond donors (Lipinski definition) is 1. The minimum atomic E-state index is -0.347. The second kappa shape index (κ2) is 8.43. The number of carbonyl (C=O) groups excluding carboxylic acids is 2. The number of carbonyl (C=O) groups is 2. The average Bonchev–Trinajstić information content (AvgIpc) is 2.93. The highest BCUT2D eigenvalue weighted by Crippen LogP contribution is 2.28. The van der Waals surface area contributed by atoms with Crippen LogP contribution in [0.25, 0.3) is 6.08 Å². The molecule has 0 radical (unpaired) electrons. The predicted octanol–water partition coefficient (Wildman–Crippen LogP) is 5.20. The van der Waals surface area contributed by atoms with Crippen molar-refractivity contribution in [3.8, 4) is 5.75 Å². The Morgan fingerprint density at radius 3 is 2.58 bits per heavy atom. The van der Waals surface area contributed by atoms with Crippen molar-refractivity contribution >= 4 is 40.6 Å². The molecule has 26 heavy (non-hydrogen) atoms. The molecule has 1 heterocycles. The van der Waals surface area contributed by atoms with Gasteiger partial charge < -0.3 is 4.74 Å². The van der Waals surface area contributed by atoms with E-state index >= 15 is 0 Å². The molecule has 0 spiro atoms. The fraction of sp³-hybridized carbons (Fsp3) is 0.200. The minimum absolute atomic E-state index is 0.335. The summed E-state index contributed by atoms with van der Waals surface area (Å²) >= 11 is 6.82. The number of ether oxygens (including phenoxy) is 1. The van der Waals surface area contributed by atoms with Crippen molar-refractivity contribution in [2.75, 3.05) is 0 Å². The molecule has 0 atom stereocenters. The first-order chi connectivity index (χ1) is 12.5. The van der Waals surface area contributed by atoms with Crippen LogP contribution in [0.3, 0.4) is 0 Å². The van der Waals surface area contributed by atoms with Crippen molar-refractivity contribution in [3.05, 3.63) is 69.1 Å². The van der Waals surface area contributed by atoms with Crippen LogP contribution in [0.2, 0.25) is 5.02 Å². The number of benzene rings is 2. The van der Waals surface area contributed by atoms with E-state index in [1.165, 1.54) is 0 Å². The zero-order valence-corrected chi connectivity index (χ0v) is 15.8. The highest BCUT2D eigenvalue weighted by Gasteiger charge is 2.25. The summed E-state index contributed by atoms with van der Waals surface area (Å²) in [6.45, 7) is 2.56. The number of hydrogen-bond acceptors (Lipinski definition) is 4. The quantitative estimate of drug-likeness (QED) is 0.692. The van der Waals surface area contributed by atoms with Crippen molar-refractivity contribution in [2.45, 2.75) is 26.4 Å². The number of rotatable bonds is 6. The lowest BCUT2D eigenvalue weighted by Crippen LogP contribution is -2.17. The van der Waals surface area contributed by atoms with Crippen LogP contribution in [-0.4, -0.2) is 11.1 Å². The minimum Gasteiger partial charge on any atom is -0.489 e. The second-order valence-corrected chi connectivity index (χ2v) is 7.34. The lowest BCUT2D eigenvalue weighted by Gasteiger charge is -2.12. The van der Waals surface area contributed by atoms with Gasteiger partial charge in [0, 0.05) is 5.02 Å². The molecule has 2 amide bonds. The first-order valence-electron chi connectivity index (χ1n) is 8.30. The molecule has 3 rings (SSSR count). The number of thioether (sulfide) groups is 1. The Bertz CT molecular complexity index is 862. The number of halogens is 1. The van der Waals surface area contributed by atoms with Crippen LogP contribution < -0.4 is 10.1 Å². The number of nitrogens with one attached hydrogen (secondary N) is 1. The standard InChI is InChI=1S/C20H18ClNO3S/c1-2-3-15-10-14(11-18-19(23)22-20(24)26-18)6-9-17(15)25-12-13-4-7-16(21)8-5-13/h4-11H,2-3,12H2,1H3,(H,22,23,24)/b18-11+. The van der Waals surface area contributed by atoms with E-state index < -0.39 is 0 Å². The zero-order valence-electron chi connectivity index (χ0n) is 14.3. The predicted molar refractivity (Wildman–Crippen MR) is 105 cm³/mol. The zero-order chi connectivity index (χ0) is 18.5. The molecule has 0 bridgehead atoms. The lowest BCUT2D eigenvalue weighted by atomic mass is 10.0. The van der Waals surface area contributed by atoms with Gasteiger partial charge in [0.1, 0.15) is 12.4 Å². The Kier molecular flexibility index (Phi) is 6.01. The first kappa shape index (κ1) is 18.5. The molecule has 134 valence electrons. The van der Waals surface area contributed by atoms with Crippen LogP contribution in [0.1, 0.15) is 30.0 Å². The maximum atomic E-state index is 11.7. The van der Waals surface area contributed by atoms with Crippen LogP contribution in [0, 0.1) is 0 Å². The summed E-state index contributed by atoms with van der Waals surface area (Å²) in [5.74, 6) is 0.476. The van der Waals surface area contributed by atoms with Crippen LogP contribution in [0.4, 0.5) is 4.79 Å². The normalized spacial score (nSPS) is 15.4. The topological polar surface area (TPSA) is 55.4 Å². The lowest BCUT2D eigenvalue weighted by molar-refractivity contribution is -0.115. The summed E-state index contributed by atoms with van der Waals surface area (Å²) < 4.78 is 5.98. The Labute approximate surface area is 161 Å². The van der Waals surface area contributed by atoms with E-state index in [4.69, 9.17) is 16.3 Å². The van der Waals surface area contributed by atoms with E-state index in [1.807, 2.05) is 42.5 Å². The molecule has 0 saturated carbocycles.